The summed E-state index contributed by atoms with van der Waals surface area (Å²) < 4.78 is 0. The minimum absolute atomic E-state index is 0.468. The summed E-state index contributed by atoms with van der Waals surface area (Å²) in [6.07, 6.45) is 21.9. The maximum Gasteiger partial charge on any atom is -0.0134 e. The van der Waals surface area contributed by atoms with E-state index in [0.717, 1.165) is 23.7 Å². The van der Waals surface area contributed by atoms with Crippen molar-refractivity contribution in [2.75, 3.05) is 0 Å². The first kappa shape index (κ1) is 37.9. The van der Waals surface area contributed by atoms with Gasteiger partial charge in [-0.1, -0.05) is 159 Å². The first-order chi connectivity index (χ1) is 20.5. The zero-order chi connectivity index (χ0) is 33.1. The van der Waals surface area contributed by atoms with Gasteiger partial charge in [-0.3, -0.25) is 0 Å². The predicted molar refractivity (Wildman–Crippen MR) is 198 cm³/mol. The van der Waals surface area contributed by atoms with Crippen molar-refractivity contribution in [1.29, 1.82) is 0 Å². The summed E-state index contributed by atoms with van der Waals surface area (Å²) in [6, 6.07) is 0. The summed E-state index contributed by atoms with van der Waals surface area (Å²) in [5.41, 5.74) is 5.20. The van der Waals surface area contributed by atoms with Crippen LogP contribution >= 0.6 is 0 Å². The molecule has 0 bridgehead atoms. The molecule has 0 heterocycles. The van der Waals surface area contributed by atoms with Crippen LogP contribution in [-0.4, -0.2) is 0 Å². The van der Waals surface area contributed by atoms with Gasteiger partial charge in [0.2, 0.25) is 0 Å². The van der Waals surface area contributed by atoms with Crippen molar-refractivity contribution in [3.63, 3.8) is 0 Å². The second-order valence-electron chi connectivity index (χ2n) is 18.9. The van der Waals surface area contributed by atoms with Gasteiger partial charge in [-0.05, 0) is 120 Å². The van der Waals surface area contributed by atoms with Crippen LogP contribution in [0, 0.1) is 69.0 Å². The first-order valence-electron chi connectivity index (χ1n) is 19.9. The Labute approximate surface area is 278 Å². The number of fused-ring (bicyclic) bond motifs is 2. The molecule has 3 fully saturated rings. The fourth-order valence-corrected chi connectivity index (χ4v) is 10.3. The van der Waals surface area contributed by atoms with Crippen molar-refractivity contribution in [3.05, 3.63) is 24.3 Å². The van der Waals surface area contributed by atoms with E-state index < -0.39 is 0 Å². The van der Waals surface area contributed by atoms with Gasteiger partial charge in [0.15, 0.2) is 0 Å². The van der Waals surface area contributed by atoms with E-state index in [2.05, 4.69) is 83.1 Å². The molecular formula is C44H80. The van der Waals surface area contributed by atoms with Crippen molar-refractivity contribution < 1.29 is 0 Å². The van der Waals surface area contributed by atoms with E-state index in [4.69, 9.17) is 13.2 Å². The molecular weight excluding hydrogens is 528 g/mol. The largest absolute Gasteiger partial charge is 0.0993 e. The second-order valence-corrected chi connectivity index (χ2v) is 18.9. The van der Waals surface area contributed by atoms with Gasteiger partial charge in [-0.15, -0.1) is 0 Å². The van der Waals surface area contributed by atoms with Crippen LogP contribution in [0.3, 0.4) is 0 Å². The molecule has 3 aliphatic rings. The lowest BCUT2D eigenvalue weighted by Gasteiger charge is -2.55. The van der Waals surface area contributed by atoms with Gasteiger partial charge in [0, 0.05) is 0 Å². The maximum absolute atomic E-state index is 4.95. The topological polar surface area (TPSA) is 0 Å². The molecule has 0 N–H and O–H groups in total. The van der Waals surface area contributed by atoms with E-state index in [1.807, 2.05) is 0 Å². The lowest BCUT2D eigenvalue weighted by molar-refractivity contribution is 0.0330. The molecule has 0 aromatic carbocycles. The van der Waals surface area contributed by atoms with E-state index in [1.165, 1.54) is 103 Å². The van der Waals surface area contributed by atoms with Gasteiger partial charge >= 0.3 is 0 Å². The number of hydrogen-bond donors (Lipinski definition) is 0. The molecule has 10 unspecified atom stereocenters. The van der Waals surface area contributed by atoms with Crippen LogP contribution in [0.2, 0.25) is 0 Å². The van der Waals surface area contributed by atoms with Crippen molar-refractivity contribution in [2.24, 2.45) is 69.0 Å². The van der Waals surface area contributed by atoms with Gasteiger partial charge in [0.1, 0.15) is 0 Å². The van der Waals surface area contributed by atoms with Crippen molar-refractivity contribution in [2.45, 2.75) is 186 Å². The highest BCUT2D eigenvalue weighted by Gasteiger charge is 2.50. The number of hydrogen-bond acceptors (Lipinski definition) is 0. The van der Waals surface area contributed by atoms with E-state index in [0.29, 0.717) is 45.3 Å². The Hall–Kier alpha value is -0.520. The van der Waals surface area contributed by atoms with Crippen LogP contribution in [-0.2, 0) is 0 Å². The molecule has 0 aromatic rings. The predicted octanol–water partition coefficient (Wildman–Crippen LogP) is 14.5. The molecule has 0 nitrogen and oxygen atoms in total. The van der Waals surface area contributed by atoms with E-state index in [1.54, 1.807) is 11.1 Å². The van der Waals surface area contributed by atoms with Crippen LogP contribution in [0.25, 0.3) is 0 Å². The molecule has 0 saturated heterocycles. The first-order valence-corrected chi connectivity index (χ1v) is 19.9. The Bertz CT molecular complexity index is 858. The van der Waals surface area contributed by atoms with Gasteiger partial charge < -0.3 is 0 Å². The molecule has 44 heavy (non-hydrogen) atoms. The molecule has 3 rings (SSSR count). The summed E-state index contributed by atoms with van der Waals surface area (Å²) in [5.74, 6) is 6.12. The molecule has 0 radical (unpaired) electrons. The minimum Gasteiger partial charge on any atom is -0.0993 e. The number of allylic oxidation sites excluding steroid dienone is 2. The van der Waals surface area contributed by atoms with E-state index in [9.17, 15) is 0 Å². The van der Waals surface area contributed by atoms with Gasteiger partial charge in [-0.2, -0.15) is 0 Å². The fraction of sp³-hybridized carbons (Fsp3) is 0.909. The summed E-state index contributed by atoms with van der Waals surface area (Å²) in [6.45, 7) is 39.8. The SMILES string of the molecule is C=C1C2CCC(C(C)(CC)CCCC(C)C(C)(C)CC)CC2C(=C)C2CCC(C(C)(CC)CCCC(C)C(C)(C)CC)CC12. The Morgan fingerprint density at radius 1 is 0.545 bits per heavy atom. The molecule has 3 aliphatic carbocycles. The number of rotatable bonds is 16. The maximum atomic E-state index is 4.95. The summed E-state index contributed by atoms with van der Waals surface area (Å²) >= 11 is 0. The zero-order valence-electron chi connectivity index (χ0n) is 32.3. The highest BCUT2D eigenvalue weighted by molar-refractivity contribution is 5.28. The third kappa shape index (κ3) is 8.12. The standard InChI is InChI=1S/C44H80/c1-15-41(9,10)31(5)21-19-27-43(13,17-3)35-23-25-37-34(8)40-30-36(24-26-38(40)33(7)39(37)29-35)44(14,18-4)28-20-22-32(6)42(11,12)16-2/h31-32,35-40H,7-8,15-30H2,1-6,9-14H3. The summed E-state index contributed by atoms with van der Waals surface area (Å²) in [4.78, 5) is 0. The van der Waals surface area contributed by atoms with Gasteiger partial charge in [-0.25, -0.2) is 0 Å². The molecule has 0 aliphatic heterocycles. The summed E-state index contributed by atoms with van der Waals surface area (Å²) in [5, 5.41) is 0. The second kappa shape index (κ2) is 15.1. The molecule has 10 atom stereocenters. The van der Waals surface area contributed by atoms with Crippen LogP contribution < -0.4 is 0 Å². The molecule has 0 heteroatoms. The third-order valence-electron chi connectivity index (χ3n) is 16.5. The average molecular weight is 609 g/mol. The quantitative estimate of drug-likeness (QED) is 0.153. The zero-order valence-corrected chi connectivity index (χ0v) is 32.3. The molecule has 0 spiro atoms. The van der Waals surface area contributed by atoms with Crippen LogP contribution in [0.1, 0.15) is 186 Å². The van der Waals surface area contributed by atoms with Crippen molar-refractivity contribution >= 4 is 0 Å². The minimum atomic E-state index is 0.468. The molecule has 3 saturated carbocycles. The Kier molecular flexibility index (Phi) is 13.1. The lowest BCUT2D eigenvalue weighted by Crippen LogP contribution is -2.45. The van der Waals surface area contributed by atoms with Crippen LogP contribution in [0.15, 0.2) is 24.3 Å². The van der Waals surface area contributed by atoms with Gasteiger partial charge in [0.05, 0.1) is 0 Å². The van der Waals surface area contributed by atoms with Gasteiger partial charge in [0.25, 0.3) is 0 Å². The van der Waals surface area contributed by atoms with Crippen molar-refractivity contribution in [1.82, 2.24) is 0 Å². The lowest BCUT2D eigenvalue weighted by atomic mass is 9.50. The molecule has 256 valence electrons. The normalized spacial score (nSPS) is 32.3. The van der Waals surface area contributed by atoms with E-state index in [-0.39, 0.29) is 0 Å². The van der Waals surface area contributed by atoms with Crippen LogP contribution in [0.5, 0.6) is 0 Å². The van der Waals surface area contributed by atoms with Crippen LogP contribution in [0.4, 0.5) is 0 Å². The molecule has 0 amide bonds. The summed E-state index contributed by atoms with van der Waals surface area (Å²) in [7, 11) is 0. The Morgan fingerprint density at radius 3 is 1.18 bits per heavy atom. The van der Waals surface area contributed by atoms with E-state index >= 15 is 0 Å². The van der Waals surface area contributed by atoms with Crippen molar-refractivity contribution in [3.8, 4) is 0 Å². The average Bonchev–Trinajstić information content (AvgIpc) is 3.02. The Balaban J connectivity index is 1.63. The Morgan fingerprint density at radius 2 is 0.886 bits per heavy atom. The fourth-order valence-electron chi connectivity index (χ4n) is 10.3. The highest BCUT2D eigenvalue weighted by Crippen LogP contribution is 2.60. The highest BCUT2D eigenvalue weighted by atomic mass is 14.5. The monoisotopic (exact) mass is 609 g/mol. The third-order valence-corrected chi connectivity index (χ3v) is 16.5. The molecule has 0 aromatic heterocycles. The smallest absolute Gasteiger partial charge is 0.0134 e.